The van der Waals surface area contributed by atoms with Crippen LogP contribution in [0.4, 0.5) is 0 Å². The molecule has 0 amide bonds. The van der Waals surface area contributed by atoms with E-state index in [2.05, 4.69) is 13.8 Å². The van der Waals surface area contributed by atoms with Crippen molar-refractivity contribution in [3.8, 4) is 0 Å². The standard InChI is InChI=1S/C18H37.BH3O3.K/c1-3-5-7-9-11-13-15-17-18-16-14-12-10-8-6-4-2;2-1(3)4;/h1,3-18H2,2H3;2-4H;/q-1;;+1. The van der Waals surface area contributed by atoms with E-state index in [9.17, 15) is 0 Å². The Kier molecular flexibility index (Phi) is 36.2. The summed E-state index contributed by atoms with van der Waals surface area (Å²) in [7, 11) is -2.17. The molecule has 0 aromatic carbocycles. The summed E-state index contributed by atoms with van der Waals surface area (Å²) < 4.78 is 0. The first kappa shape index (κ1) is 29.3. The van der Waals surface area contributed by atoms with Crippen molar-refractivity contribution in [2.75, 3.05) is 0 Å². The van der Waals surface area contributed by atoms with Gasteiger partial charge in [0.2, 0.25) is 0 Å². The minimum absolute atomic E-state index is 0. The van der Waals surface area contributed by atoms with E-state index in [1.165, 1.54) is 96.3 Å². The maximum absolute atomic E-state index is 7.17. The van der Waals surface area contributed by atoms with Gasteiger partial charge < -0.3 is 22.0 Å². The van der Waals surface area contributed by atoms with E-state index in [1.807, 2.05) is 0 Å². The van der Waals surface area contributed by atoms with Crippen LogP contribution in [0.1, 0.15) is 110 Å². The Morgan fingerprint density at radius 1 is 0.565 bits per heavy atom. The van der Waals surface area contributed by atoms with Gasteiger partial charge in [0, 0.05) is 0 Å². The fourth-order valence-electron chi connectivity index (χ4n) is 2.55. The molecule has 0 radical (unpaired) electrons. The van der Waals surface area contributed by atoms with E-state index in [4.69, 9.17) is 15.1 Å². The van der Waals surface area contributed by atoms with Crippen LogP contribution < -0.4 is 51.4 Å². The van der Waals surface area contributed by atoms with Crippen LogP contribution >= 0.6 is 0 Å². The molecule has 3 nitrogen and oxygen atoms in total. The zero-order valence-electron chi connectivity index (χ0n) is 15.9. The van der Waals surface area contributed by atoms with Crippen LogP contribution in [0.3, 0.4) is 0 Å². The number of unbranched alkanes of at least 4 members (excludes halogenated alkanes) is 15. The third-order valence-corrected chi connectivity index (χ3v) is 3.85. The quantitative estimate of drug-likeness (QED) is 0.240. The van der Waals surface area contributed by atoms with Gasteiger partial charge in [-0.25, -0.2) is 0 Å². The van der Waals surface area contributed by atoms with E-state index in [-0.39, 0.29) is 51.4 Å². The summed E-state index contributed by atoms with van der Waals surface area (Å²) in [6.45, 7) is 6.18. The molecule has 0 fully saturated rings. The van der Waals surface area contributed by atoms with E-state index in [0.717, 1.165) is 6.42 Å². The molecule has 0 atom stereocenters. The van der Waals surface area contributed by atoms with Crippen LogP contribution in [-0.4, -0.2) is 22.4 Å². The van der Waals surface area contributed by atoms with Gasteiger partial charge in [0.05, 0.1) is 0 Å². The Morgan fingerprint density at radius 3 is 1.00 bits per heavy atom. The number of hydrogen-bond donors (Lipinski definition) is 3. The summed E-state index contributed by atoms with van der Waals surface area (Å²) >= 11 is 0. The molecule has 23 heavy (non-hydrogen) atoms. The molecule has 0 aliphatic carbocycles. The number of hydrogen-bond acceptors (Lipinski definition) is 3. The molecule has 3 N–H and O–H groups in total. The van der Waals surface area contributed by atoms with Crippen LogP contribution in [0.5, 0.6) is 0 Å². The van der Waals surface area contributed by atoms with Gasteiger partial charge in [-0.1, -0.05) is 103 Å². The van der Waals surface area contributed by atoms with Crippen LogP contribution in [0.2, 0.25) is 0 Å². The minimum Gasteiger partial charge on any atom is -0.402 e. The average molecular weight is 354 g/mol. The molecule has 0 aliphatic heterocycles. The summed E-state index contributed by atoms with van der Waals surface area (Å²) in [4.78, 5) is 0. The van der Waals surface area contributed by atoms with Gasteiger partial charge in [-0.2, -0.15) is 6.42 Å². The molecule has 0 saturated heterocycles. The molecule has 0 unspecified atom stereocenters. The fraction of sp³-hybridized carbons (Fsp3) is 0.944. The Labute approximate surface area is 188 Å². The molecule has 5 heteroatoms. The van der Waals surface area contributed by atoms with Crippen molar-refractivity contribution in [2.45, 2.75) is 110 Å². The Bertz CT molecular complexity index is 165. The molecule has 0 heterocycles. The van der Waals surface area contributed by atoms with Gasteiger partial charge in [-0.15, -0.1) is 0 Å². The topological polar surface area (TPSA) is 60.7 Å². The van der Waals surface area contributed by atoms with Gasteiger partial charge in [-0.05, 0) is 0 Å². The van der Waals surface area contributed by atoms with E-state index in [1.54, 1.807) is 0 Å². The SMILES string of the molecule is OB(O)O.[CH2-]CCCCCCCCCCCCCCCCC.[K+]. The maximum Gasteiger partial charge on any atom is 1.00 e. The van der Waals surface area contributed by atoms with Crippen LogP contribution in [0.15, 0.2) is 0 Å². The van der Waals surface area contributed by atoms with E-state index >= 15 is 0 Å². The van der Waals surface area contributed by atoms with Gasteiger partial charge in [0.1, 0.15) is 0 Å². The first-order valence-corrected chi connectivity index (χ1v) is 9.48. The maximum atomic E-state index is 7.17. The Balaban J connectivity index is -0.000000712. The van der Waals surface area contributed by atoms with Crippen molar-refractivity contribution in [3.05, 3.63) is 6.92 Å². The van der Waals surface area contributed by atoms with Crippen LogP contribution in [-0.2, 0) is 0 Å². The second kappa shape index (κ2) is 28.4. The average Bonchev–Trinajstić information content (AvgIpc) is 2.47. The Hall–Kier alpha value is 1.58. The molecule has 134 valence electrons. The molecule has 0 aliphatic rings. The zero-order valence-corrected chi connectivity index (χ0v) is 19.1. The van der Waals surface area contributed by atoms with Crippen molar-refractivity contribution in [3.63, 3.8) is 0 Å². The number of rotatable bonds is 15. The normalized spacial score (nSPS) is 9.78. The minimum atomic E-state index is -2.17. The van der Waals surface area contributed by atoms with Crippen molar-refractivity contribution in [1.82, 2.24) is 0 Å². The third-order valence-electron chi connectivity index (χ3n) is 3.85. The predicted octanol–water partition coefficient (Wildman–Crippen LogP) is 2.03. The molecule has 0 aromatic rings. The van der Waals surface area contributed by atoms with Gasteiger partial charge >= 0.3 is 58.7 Å². The first-order chi connectivity index (χ1) is 10.6. The van der Waals surface area contributed by atoms with Crippen molar-refractivity contribution < 1.29 is 66.5 Å². The van der Waals surface area contributed by atoms with Crippen molar-refractivity contribution >= 4 is 7.32 Å². The van der Waals surface area contributed by atoms with Crippen LogP contribution in [0.25, 0.3) is 0 Å². The second-order valence-electron chi connectivity index (χ2n) is 6.15. The fourth-order valence-corrected chi connectivity index (χ4v) is 2.55. The van der Waals surface area contributed by atoms with Gasteiger partial charge in [0.25, 0.3) is 0 Å². The molecular weight excluding hydrogens is 314 g/mol. The molecule has 0 aromatic heterocycles. The van der Waals surface area contributed by atoms with E-state index in [0.29, 0.717) is 0 Å². The molecule has 0 saturated carbocycles. The van der Waals surface area contributed by atoms with Crippen molar-refractivity contribution in [1.29, 1.82) is 0 Å². The van der Waals surface area contributed by atoms with Crippen molar-refractivity contribution in [2.24, 2.45) is 0 Å². The molecular formula is C18H40BKO3. The smallest absolute Gasteiger partial charge is 0.402 e. The predicted molar refractivity (Wildman–Crippen MR) is 97.3 cm³/mol. The summed E-state index contributed by atoms with van der Waals surface area (Å²) in [5.74, 6) is 0. The molecule has 0 rings (SSSR count). The summed E-state index contributed by atoms with van der Waals surface area (Å²) in [6, 6.07) is 0. The molecule has 0 bridgehead atoms. The second-order valence-corrected chi connectivity index (χ2v) is 6.15. The summed E-state index contributed by atoms with van der Waals surface area (Å²) in [5.41, 5.74) is 0. The first-order valence-electron chi connectivity index (χ1n) is 9.48. The van der Waals surface area contributed by atoms with Crippen LogP contribution in [0, 0.1) is 6.92 Å². The van der Waals surface area contributed by atoms with Gasteiger partial charge in [0.15, 0.2) is 0 Å². The summed E-state index contributed by atoms with van der Waals surface area (Å²) in [6.07, 6.45) is 22.8. The van der Waals surface area contributed by atoms with Gasteiger partial charge in [-0.3, -0.25) is 0 Å². The Morgan fingerprint density at radius 2 is 0.783 bits per heavy atom. The van der Waals surface area contributed by atoms with E-state index < -0.39 is 7.32 Å². The summed E-state index contributed by atoms with van der Waals surface area (Å²) in [5, 5.41) is 21.5. The molecule has 0 spiro atoms. The largest absolute Gasteiger partial charge is 1.00 e. The third kappa shape index (κ3) is 39.9. The zero-order chi connectivity index (χ0) is 16.9. The monoisotopic (exact) mass is 354 g/mol.